The van der Waals surface area contributed by atoms with Crippen LogP contribution in [0, 0.1) is 5.92 Å². The van der Waals surface area contributed by atoms with Crippen LogP contribution in [0.2, 0.25) is 13.3 Å². The van der Waals surface area contributed by atoms with E-state index in [9.17, 15) is 0 Å². The van der Waals surface area contributed by atoms with Crippen molar-refractivity contribution in [3.63, 3.8) is 0 Å². The van der Waals surface area contributed by atoms with Crippen molar-refractivity contribution in [2.75, 3.05) is 0 Å². The SMILES string of the molecule is CCCCCCCC(CCCCCC)Cc1cs[c]([Sn]([CH2]CCC)([CH2]CCC)[CH2]CCC)c1. The van der Waals surface area contributed by atoms with Crippen molar-refractivity contribution in [2.24, 2.45) is 5.92 Å². The molecule has 0 amide bonds. The molecule has 194 valence electrons. The molecule has 1 unspecified atom stereocenters. The summed E-state index contributed by atoms with van der Waals surface area (Å²) < 4.78 is 6.79. The van der Waals surface area contributed by atoms with Gasteiger partial charge in [0.25, 0.3) is 0 Å². The minimum atomic E-state index is -2.24. The molecule has 1 heterocycles. The topological polar surface area (TPSA) is 0 Å². The van der Waals surface area contributed by atoms with Crippen LogP contribution in [-0.2, 0) is 6.42 Å². The molecule has 1 aromatic heterocycles. The first-order valence-electron chi connectivity index (χ1n) is 15.2. The molecule has 0 bridgehead atoms. The van der Waals surface area contributed by atoms with Gasteiger partial charge in [-0.15, -0.1) is 0 Å². The Labute approximate surface area is 218 Å². The van der Waals surface area contributed by atoms with E-state index in [1.54, 1.807) is 18.9 Å². The van der Waals surface area contributed by atoms with Crippen LogP contribution in [0.25, 0.3) is 0 Å². The molecule has 1 rings (SSSR count). The van der Waals surface area contributed by atoms with E-state index in [2.05, 4.69) is 57.4 Å². The van der Waals surface area contributed by atoms with Crippen LogP contribution in [-0.4, -0.2) is 18.4 Å². The number of unbranched alkanes of at least 4 members (excludes halogenated alkanes) is 10. The summed E-state index contributed by atoms with van der Waals surface area (Å²) in [5.41, 5.74) is 1.72. The van der Waals surface area contributed by atoms with Gasteiger partial charge in [-0.25, -0.2) is 0 Å². The number of rotatable bonds is 23. The maximum absolute atomic E-state index is 2.78. The van der Waals surface area contributed by atoms with Crippen LogP contribution >= 0.6 is 11.3 Å². The van der Waals surface area contributed by atoms with Gasteiger partial charge < -0.3 is 0 Å². The van der Waals surface area contributed by atoms with Gasteiger partial charge in [-0.3, -0.25) is 0 Å². The quantitative estimate of drug-likeness (QED) is 0.0888. The molecule has 0 saturated carbocycles. The van der Waals surface area contributed by atoms with E-state index >= 15 is 0 Å². The molecule has 0 aliphatic carbocycles. The molecule has 0 fully saturated rings. The molecular weight excluding hydrogens is 523 g/mol. The number of thiophene rings is 1. The van der Waals surface area contributed by atoms with Crippen LogP contribution in [0.15, 0.2) is 11.4 Å². The van der Waals surface area contributed by atoms with Gasteiger partial charge in [0.05, 0.1) is 0 Å². The van der Waals surface area contributed by atoms with Crippen molar-refractivity contribution in [1.29, 1.82) is 0 Å². The molecular formula is C31H60SSn. The zero-order chi connectivity index (χ0) is 24.2. The van der Waals surface area contributed by atoms with Crippen LogP contribution < -0.4 is 2.89 Å². The summed E-state index contributed by atoms with van der Waals surface area (Å²) in [5, 5.41) is 2.61. The van der Waals surface area contributed by atoms with Crippen molar-refractivity contribution in [3.05, 3.63) is 17.0 Å². The first-order valence-corrected chi connectivity index (χ1v) is 23.6. The van der Waals surface area contributed by atoms with Crippen molar-refractivity contribution >= 4 is 32.6 Å². The summed E-state index contributed by atoms with van der Waals surface area (Å²) in [6, 6.07) is 2.78. The van der Waals surface area contributed by atoms with Crippen molar-refractivity contribution in [3.8, 4) is 0 Å². The average Bonchev–Trinajstić information content (AvgIpc) is 3.30. The first kappa shape index (κ1) is 31.5. The van der Waals surface area contributed by atoms with Gasteiger partial charge in [0.1, 0.15) is 0 Å². The Bertz CT molecular complexity index is 527. The monoisotopic (exact) mass is 584 g/mol. The molecule has 0 saturated heterocycles. The van der Waals surface area contributed by atoms with Crippen LogP contribution in [0.4, 0.5) is 0 Å². The molecule has 0 nitrogen and oxygen atoms in total. The van der Waals surface area contributed by atoms with Crippen molar-refractivity contribution < 1.29 is 0 Å². The predicted octanol–water partition coefficient (Wildman–Crippen LogP) is 11.3. The Morgan fingerprint density at radius 1 is 0.606 bits per heavy atom. The second-order valence-corrected chi connectivity index (χ2v) is 26.1. The van der Waals surface area contributed by atoms with Gasteiger partial charge >= 0.3 is 219 Å². The third-order valence-corrected chi connectivity index (χ3v) is 27.2. The van der Waals surface area contributed by atoms with E-state index in [1.807, 2.05) is 2.89 Å². The molecule has 1 atom stereocenters. The molecule has 0 aromatic carbocycles. The first-order chi connectivity index (χ1) is 16.2. The zero-order valence-corrected chi connectivity index (χ0v) is 27.2. The van der Waals surface area contributed by atoms with Gasteiger partial charge in [-0.05, 0) is 0 Å². The zero-order valence-electron chi connectivity index (χ0n) is 23.5. The summed E-state index contributed by atoms with van der Waals surface area (Å²) in [7, 11) is 0. The van der Waals surface area contributed by atoms with Crippen LogP contribution in [0.1, 0.15) is 149 Å². The van der Waals surface area contributed by atoms with Gasteiger partial charge in [-0.2, -0.15) is 0 Å². The standard InChI is InChI=1S/C19H33S.3C4H9.Sn/c1-3-5-7-9-11-13-18(12-10-8-6-4-2)16-19-14-15-20-17-19;3*1-3-4-2;/h14,17-18H,3-13,16H2,1-2H3;3*1,3-4H2,2H3;. The van der Waals surface area contributed by atoms with E-state index in [1.165, 1.54) is 116 Å². The second-order valence-electron chi connectivity index (χ2n) is 11.0. The summed E-state index contributed by atoms with van der Waals surface area (Å²) in [4.78, 5) is 0. The predicted molar refractivity (Wildman–Crippen MR) is 158 cm³/mol. The Morgan fingerprint density at radius 3 is 1.55 bits per heavy atom. The van der Waals surface area contributed by atoms with E-state index in [0.717, 1.165) is 5.92 Å². The van der Waals surface area contributed by atoms with Gasteiger partial charge in [0, 0.05) is 0 Å². The van der Waals surface area contributed by atoms with Crippen LogP contribution in [0.3, 0.4) is 0 Å². The fourth-order valence-corrected chi connectivity index (χ4v) is 25.7. The Hall–Kier alpha value is 0.499. The summed E-state index contributed by atoms with van der Waals surface area (Å²) >= 11 is -0.0254. The number of hydrogen-bond donors (Lipinski definition) is 0. The fraction of sp³-hybridized carbons (Fsp3) is 0.871. The summed E-state index contributed by atoms with van der Waals surface area (Å²) in [6.07, 6.45) is 25.7. The van der Waals surface area contributed by atoms with E-state index in [4.69, 9.17) is 0 Å². The minimum absolute atomic E-state index is 0.928. The Balaban J connectivity index is 2.88. The summed E-state index contributed by atoms with van der Waals surface area (Å²) in [6.45, 7) is 11.9. The molecule has 1 aromatic rings. The summed E-state index contributed by atoms with van der Waals surface area (Å²) in [5.74, 6) is 0.928. The third kappa shape index (κ3) is 13.4. The molecule has 0 N–H and O–H groups in total. The molecule has 2 heteroatoms. The van der Waals surface area contributed by atoms with Gasteiger partial charge in [0.2, 0.25) is 0 Å². The van der Waals surface area contributed by atoms with Gasteiger partial charge in [0.15, 0.2) is 0 Å². The average molecular weight is 584 g/mol. The molecule has 0 aliphatic heterocycles. The normalized spacial score (nSPS) is 13.0. The van der Waals surface area contributed by atoms with E-state index in [-0.39, 0.29) is 0 Å². The third-order valence-electron chi connectivity index (χ3n) is 7.91. The van der Waals surface area contributed by atoms with Crippen molar-refractivity contribution in [1.82, 2.24) is 0 Å². The fourth-order valence-electron chi connectivity index (χ4n) is 5.63. The van der Waals surface area contributed by atoms with Crippen molar-refractivity contribution in [2.45, 2.75) is 164 Å². The molecule has 0 aliphatic rings. The Morgan fingerprint density at radius 2 is 1.06 bits per heavy atom. The molecule has 33 heavy (non-hydrogen) atoms. The van der Waals surface area contributed by atoms with Crippen LogP contribution in [0.5, 0.6) is 0 Å². The number of hydrogen-bond acceptors (Lipinski definition) is 1. The van der Waals surface area contributed by atoms with E-state index < -0.39 is 18.4 Å². The molecule has 0 spiro atoms. The van der Waals surface area contributed by atoms with Gasteiger partial charge in [-0.1, -0.05) is 0 Å². The maximum atomic E-state index is 2.78. The Kier molecular flexibility index (Phi) is 19.7. The van der Waals surface area contributed by atoms with E-state index in [0.29, 0.717) is 0 Å². The molecule has 0 radical (unpaired) electrons. The second kappa shape index (κ2) is 20.7.